The summed E-state index contributed by atoms with van der Waals surface area (Å²) in [5.41, 5.74) is 1.93. The van der Waals surface area contributed by atoms with Crippen LogP contribution in [0.15, 0.2) is 35.4 Å². The molecule has 4 nitrogen and oxygen atoms in total. The van der Waals surface area contributed by atoms with Gasteiger partial charge in [-0.25, -0.2) is 4.98 Å². The Hall–Kier alpha value is -2.14. The van der Waals surface area contributed by atoms with Crippen molar-refractivity contribution in [1.29, 1.82) is 0 Å². The second-order valence-corrected chi connectivity index (χ2v) is 6.43. The number of hydrogen-bond acceptors (Lipinski definition) is 4. The first-order chi connectivity index (χ1) is 10.2. The Bertz CT molecular complexity index is 895. The number of aromatic nitrogens is 2. The van der Waals surface area contributed by atoms with E-state index in [1.54, 1.807) is 34.4 Å². The minimum Gasteiger partial charge on any atom is -0.508 e. The van der Waals surface area contributed by atoms with Crippen LogP contribution in [-0.4, -0.2) is 14.7 Å². The van der Waals surface area contributed by atoms with Crippen LogP contribution >= 0.6 is 11.3 Å². The second kappa shape index (κ2) is 4.70. The van der Waals surface area contributed by atoms with Crippen molar-refractivity contribution in [2.75, 3.05) is 0 Å². The van der Waals surface area contributed by atoms with Crippen molar-refractivity contribution in [3.8, 4) is 5.75 Å². The standard InChI is InChI=1S/C16H14N2O2S/c19-12-6-2-1-4-10(12)8-18-9-17-15-14(16(18)20)11-5-3-7-13(11)21-15/h1-2,4,6,9,19H,3,5,7-8H2. The number of nitrogens with zero attached hydrogens (tertiary/aromatic N) is 2. The smallest absolute Gasteiger partial charge is 0.262 e. The van der Waals surface area contributed by atoms with E-state index in [0.717, 1.165) is 35.0 Å². The molecule has 3 aromatic rings. The molecule has 2 heterocycles. The van der Waals surface area contributed by atoms with Crippen LogP contribution in [0, 0.1) is 0 Å². The Balaban J connectivity index is 1.85. The highest BCUT2D eigenvalue weighted by atomic mass is 32.1. The SMILES string of the molecule is O=c1c2c3c(sc2ncn1Cc1ccccc1O)CCC3. The van der Waals surface area contributed by atoms with Crippen molar-refractivity contribution in [1.82, 2.24) is 9.55 Å². The zero-order chi connectivity index (χ0) is 14.4. The number of benzene rings is 1. The van der Waals surface area contributed by atoms with Crippen LogP contribution < -0.4 is 5.56 Å². The minimum atomic E-state index is 0.00246. The first-order valence-electron chi connectivity index (χ1n) is 7.00. The third-order valence-corrected chi connectivity index (χ3v) is 5.22. The molecule has 0 atom stereocenters. The predicted octanol–water partition coefficient (Wildman–Crippen LogP) is 2.70. The number of phenols is 1. The lowest BCUT2D eigenvalue weighted by Gasteiger charge is -2.07. The van der Waals surface area contributed by atoms with Gasteiger partial charge in [0.15, 0.2) is 0 Å². The number of aryl methyl sites for hydroxylation is 2. The number of para-hydroxylation sites is 1. The van der Waals surface area contributed by atoms with Crippen LogP contribution in [0.4, 0.5) is 0 Å². The highest BCUT2D eigenvalue weighted by Gasteiger charge is 2.21. The van der Waals surface area contributed by atoms with Gasteiger partial charge in [-0.2, -0.15) is 0 Å². The lowest BCUT2D eigenvalue weighted by molar-refractivity contribution is 0.465. The summed E-state index contributed by atoms with van der Waals surface area (Å²) in [6.45, 7) is 0.346. The van der Waals surface area contributed by atoms with Gasteiger partial charge in [0.2, 0.25) is 0 Å². The molecule has 0 spiro atoms. The third-order valence-electron chi connectivity index (χ3n) is 4.02. The summed E-state index contributed by atoms with van der Waals surface area (Å²) < 4.78 is 1.59. The Morgan fingerprint density at radius 3 is 3.00 bits per heavy atom. The van der Waals surface area contributed by atoms with Gasteiger partial charge < -0.3 is 5.11 Å². The van der Waals surface area contributed by atoms with Crippen molar-refractivity contribution in [3.05, 3.63) is 57.0 Å². The fourth-order valence-corrected chi connectivity index (χ4v) is 4.18. The first-order valence-corrected chi connectivity index (χ1v) is 7.82. The average molecular weight is 298 g/mol. The number of rotatable bonds is 2. The fourth-order valence-electron chi connectivity index (χ4n) is 2.96. The summed E-state index contributed by atoms with van der Waals surface area (Å²) >= 11 is 1.64. The van der Waals surface area contributed by atoms with Gasteiger partial charge >= 0.3 is 0 Å². The van der Waals surface area contributed by atoms with Gasteiger partial charge in [0.05, 0.1) is 18.3 Å². The number of phenolic OH excluding ortho intramolecular Hbond substituents is 1. The van der Waals surface area contributed by atoms with Crippen molar-refractivity contribution in [2.45, 2.75) is 25.8 Å². The third kappa shape index (κ3) is 1.96. The van der Waals surface area contributed by atoms with Crippen molar-refractivity contribution in [3.63, 3.8) is 0 Å². The molecule has 4 rings (SSSR count). The predicted molar refractivity (Wildman–Crippen MR) is 83.1 cm³/mol. The molecule has 0 radical (unpaired) electrons. The van der Waals surface area contributed by atoms with Crippen LogP contribution in [-0.2, 0) is 19.4 Å². The summed E-state index contributed by atoms with van der Waals surface area (Å²) in [4.78, 5) is 19.3. The zero-order valence-electron chi connectivity index (χ0n) is 11.4. The van der Waals surface area contributed by atoms with E-state index in [1.807, 2.05) is 12.1 Å². The van der Waals surface area contributed by atoms with E-state index in [9.17, 15) is 9.90 Å². The molecule has 5 heteroatoms. The Labute approximate surface area is 125 Å². The lowest BCUT2D eigenvalue weighted by atomic mass is 10.2. The Kier molecular flexibility index (Phi) is 2.82. The van der Waals surface area contributed by atoms with Crippen LogP contribution in [0.25, 0.3) is 10.2 Å². The maximum atomic E-state index is 12.7. The summed E-state index contributed by atoms with van der Waals surface area (Å²) in [7, 11) is 0. The highest BCUT2D eigenvalue weighted by molar-refractivity contribution is 7.18. The maximum absolute atomic E-state index is 12.7. The molecule has 21 heavy (non-hydrogen) atoms. The van der Waals surface area contributed by atoms with Gasteiger partial charge in [0, 0.05) is 10.4 Å². The summed E-state index contributed by atoms with van der Waals surface area (Å²) in [6, 6.07) is 7.09. The zero-order valence-corrected chi connectivity index (χ0v) is 12.2. The molecule has 0 unspecified atom stereocenters. The molecular formula is C16H14N2O2S. The van der Waals surface area contributed by atoms with Crippen LogP contribution in [0.1, 0.15) is 22.4 Å². The van der Waals surface area contributed by atoms with Crippen LogP contribution in [0.2, 0.25) is 0 Å². The second-order valence-electron chi connectivity index (χ2n) is 5.34. The molecule has 0 saturated carbocycles. The number of hydrogen-bond donors (Lipinski definition) is 1. The quantitative estimate of drug-likeness (QED) is 0.791. The molecule has 1 N–H and O–H groups in total. The first kappa shape index (κ1) is 12.6. The van der Waals surface area contributed by atoms with Gasteiger partial charge in [0.1, 0.15) is 10.6 Å². The summed E-state index contributed by atoms with van der Waals surface area (Å²) in [6.07, 6.45) is 4.76. The molecule has 0 aliphatic heterocycles. The molecule has 1 aliphatic rings. The number of aromatic hydroxyl groups is 1. The van der Waals surface area contributed by atoms with E-state index in [4.69, 9.17) is 0 Å². The Morgan fingerprint density at radius 2 is 2.14 bits per heavy atom. The van der Waals surface area contributed by atoms with E-state index in [1.165, 1.54) is 10.4 Å². The lowest BCUT2D eigenvalue weighted by Crippen LogP contribution is -2.21. The average Bonchev–Trinajstić information content (AvgIpc) is 3.04. The van der Waals surface area contributed by atoms with Crippen molar-refractivity contribution < 1.29 is 5.11 Å². The molecule has 0 amide bonds. The monoisotopic (exact) mass is 298 g/mol. The van der Waals surface area contributed by atoms with Gasteiger partial charge in [0.25, 0.3) is 5.56 Å². The molecule has 106 valence electrons. The maximum Gasteiger partial charge on any atom is 0.262 e. The van der Waals surface area contributed by atoms with Gasteiger partial charge in [-0.15, -0.1) is 11.3 Å². The topological polar surface area (TPSA) is 55.1 Å². The summed E-state index contributed by atoms with van der Waals surface area (Å²) in [5, 5.41) is 10.6. The van der Waals surface area contributed by atoms with Crippen molar-refractivity contribution in [2.24, 2.45) is 0 Å². The molecule has 0 bridgehead atoms. The van der Waals surface area contributed by atoms with E-state index < -0.39 is 0 Å². The van der Waals surface area contributed by atoms with E-state index >= 15 is 0 Å². The molecule has 2 aromatic heterocycles. The molecule has 1 aromatic carbocycles. The molecular weight excluding hydrogens is 284 g/mol. The van der Waals surface area contributed by atoms with Gasteiger partial charge in [-0.1, -0.05) is 18.2 Å². The van der Waals surface area contributed by atoms with Crippen molar-refractivity contribution >= 4 is 21.6 Å². The molecule has 0 saturated heterocycles. The van der Waals surface area contributed by atoms with Crippen LogP contribution in [0.5, 0.6) is 5.75 Å². The normalized spacial score (nSPS) is 13.7. The minimum absolute atomic E-state index is 0.00246. The van der Waals surface area contributed by atoms with Crippen LogP contribution in [0.3, 0.4) is 0 Å². The number of fused-ring (bicyclic) bond motifs is 3. The summed E-state index contributed by atoms with van der Waals surface area (Å²) in [5.74, 6) is 0.208. The Morgan fingerprint density at radius 1 is 1.29 bits per heavy atom. The highest BCUT2D eigenvalue weighted by Crippen LogP contribution is 2.34. The number of thiophene rings is 1. The van der Waals surface area contributed by atoms with Gasteiger partial charge in [-0.3, -0.25) is 9.36 Å². The van der Waals surface area contributed by atoms with E-state index in [0.29, 0.717) is 6.54 Å². The van der Waals surface area contributed by atoms with E-state index in [-0.39, 0.29) is 11.3 Å². The molecule has 1 aliphatic carbocycles. The fraction of sp³-hybridized carbons (Fsp3) is 0.250. The van der Waals surface area contributed by atoms with Gasteiger partial charge in [-0.05, 0) is 30.9 Å². The molecule has 0 fully saturated rings. The van der Waals surface area contributed by atoms with E-state index in [2.05, 4.69) is 4.98 Å². The largest absolute Gasteiger partial charge is 0.508 e.